The van der Waals surface area contributed by atoms with Crippen LogP contribution in [-0.2, 0) is 5.75 Å². The van der Waals surface area contributed by atoms with E-state index in [4.69, 9.17) is 4.98 Å². The molecule has 0 radical (unpaired) electrons. The highest BCUT2D eigenvalue weighted by Crippen LogP contribution is 2.24. The van der Waals surface area contributed by atoms with Gasteiger partial charge in [0, 0.05) is 23.6 Å². The Morgan fingerprint density at radius 2 is 1.78 bits per heavy atom. The highest BCUT2D eigenvalue weighted by Gasteiger charge is 2.14. The van der Waals surface area contributed by atoms with E-state index < -0.39 is 0 Å². The molecule has 2 aromatic heterocycles. The summed E-state index contributed by atoms with van der Waals surface area (Å²) in [6.45, 7) is 4.02. The maximum absolute atomic E-state index is 12.9. The minimum absolute atomic E-state index is 0.0121. The standard InChI is InChI=1S/C21H20N4OS/c1-15(2)25-20(26)18-10-6-7-11-19(18)23-21(25)27-14-16-12-22-24(13-16)17-8-4-3-5-9-17/h3-13,15H,14H2,1-2H3. The fourth-order valence-corrected chi connectivity index (χ4v) is 4.03. The Bertz CT molecular complexity index is 1130. The lowest BCUT2D eigenvalue weighted by Gasteiger charge is -2.15. The lowest BCUT2D eigenvalue weighted by atomic mass is 10.2. The minimum atomic E-state index is 0.0121. The molecule has 0 aliphatic heterocycles. The van der Waals surface area contributed by atoms with Gasteiger partial charge in [-0.2, -0.15) is 5.10 Å². The summed E-state index contributed by atoms with van der Waals surface area (Å²) in [7, 11) is 0. The van der Waals surface area contributed by atoms with Crippen molar-refractivity contribution in [2.75, 3.05) is 0 Å². The Morgan fingerprint density at radius 3 is 2.56 bits per heavy atom. The van der Waals surface area contributed by atoms with Gasteiger partial charge in [0.1, 0.15) is 0 Å². The van der Waals surface area contributed by atoms with Gasteiger partial charge in [0.05, 0.1) is 22.8 Å². The van der Waals surface area contributed by atoms with Gasteiger partial charge in [-0.1, -0.05) is 42.1 Å². The number of para-hydroxylation sites is 2. The summed E-state index contributed by atoms with van der Waals surface area (Å²) in [6, 6.07) is 17.6. The minimum Gasteiger partial charge on any atom is -0.285 e. The molecule has 2 aromatic carbocycles. The number of hydrogen-bond acceptors (Lipinski definition) is 4. The predicted octanol–water partition coefficient (Wildman–Crippen LogP) is 4.46. The molecule has 0 fully saturated rings. The van der Waals surface area contributed by atoms with Crippen LogP contribution in [0, 0.1) is 0 Å². The monoisotopic (exact) mass is 376 g/mol. The molecule has 0 spiro atoms. The molecule has 0 N–H and O–H groups in total. The smallest absolute Gasteiger partial charge is 0.262 e. The third-order valence-corrected chi connectivity index (χ3v) is 5.34. The fraction of sp³-hybridized carbons (Fsp3) is 0.190. The van der Waals surface area contributed by atoms with E-state index in [1.807, 2.05) is 85.5 Å². The van der Waals surface area contributed by atoms with Gasteiger partial charge in [-0.25, -0.2) is 9.67 Å². The topological polar surface area (TPSA) is 52.7 Å². The van der Waals surface area contributed by atoms with E-state index in [-0.39, 0.29) is 11.6 Å². The normalized spacial score (nSPS) is 11.4. The molecule has 0 amide bonds. The van der Waals surface area contributed by atoms with Gasteiger partial charge in [-0.15, -0.1) is 0 Å². The van der Waals surface area contributed by atoms with Crippen molar-refractivity contribution in [3.05, 3.63) is 82.9 Å². The molecular weight excluding hydrogens is 356 g/mol. The van der Waals surface area contributed by atoms with Gasteiger partial charge in [-0.3, -0.25) is 9.36 Å². The lowest BCUT2D eigenvalue weighted by Crippen LogP contribution is -2.25. The SMILES string of the molecule is CC(C)n1c(SCc2cnn(-c3ccccc3)c2)nc2ccccc2c1=O. The van der Waals surface area contributed by atoms with Crippen molar-refractivity contribution in [3.63, 3.8) is 0 Å². The molecule has 5 nitrogen and oxygen atoms in total. The summed E-state index contributed by atoms with van der Waals surface area (Å²) in [5.74, 6) is 0.699. The van der Waals surface area contributed by atoms with Crippen LogP contribution in [0.2, 0.25) is 0 Å². The van der Waals surface area contributed by atoms with Gasteiger partial charge in [-0.05, 0) is 38.1 Å². The van der Waals surface area contributed by atoms with Crippen LogP contribution >= 0.6 is 11.8 Å². The molecule has 0 saturated heterocycles. The summed E-state index contributed by atoms with van der Waals surface area (Å²) in [5, 5.41) is 5.83. The van der Waals surface area contributed by atoms with Crippen molar-refractivity contribution in [2.24, 2.45) is 0 Å². The molecule has 6 heteroatoms. The summed E-state index contributed by atoms with van der Waals surface area (Å²) in [6.07, 6.45) is 3.88. The summed E-state index contributed by atoms with van der Waals surface area (Å²) in [4.78, 5) is 17.6. The first-order valence-electron chi connectivity index (χ1n) is 8.86. The third-order valence-electron chi connectivity index (χ3n) is 4.32. The van der Waals surface area contributed by atoms with Crippen molar-refractivity contribution in [1.29, 1.82) is 0 Å². The number of fused-ring (bicyclic) bond motifs is 1. The second-order valence-corrected chi connectivity index (χ2v) is 7.54. The van der Waals surface area contributed by atoms with Crippen LogP contribution in [-0.4, -0.2) is 19.3 Å². The van der Waals surface area contributed by atoms with Gasteiger partial charge < -0.3 is 0 Å². The number of rotatable bonds is 5. The van der Waals surface area contributed by atoms with E-state index >= 15 is 0 Å². The molecule has 27 heavy (non-hydrogen) atoms. The van der Waals surface area contributed by atoms with Crippen molar-refractivity contribution in [2.45, 2.75) is 30.8 Å². The average Bonchev–Trinajstić information content (AvgIpc) is 3.16. The molecule has 0 saturated carbocycles. The Kier molecular flexibility index (Phi) is 4.81. The fourth-order valence-electron chi connectivity index (χ4n) is 2.99. The molecular formula is C21H20N4OS. The first kappa shape index (κ1) is 17.5. The first-order valence-corrected chi connectivity index (χ1v) is 9.85. The number of aromatic nitrogens is 4. The lowest BCUT2D eigenvalue weighted by molar-refractivity contribution is 0.519. The van der Waals surface area contributed by atoms with Crippen LogP contribution in [0.1, 0.15) is 25.5 Å². The summed E-state index contributed by atoms with van der Waals surface area (Å²) < 4.78 is 3.63. The zero-order chi connectivity index (χ0) is 18.8. The van der Waals surface area contributed by atoms with Crippen molar-refractivity contribution in [3.8, 4) is 5.69 Å². The van der Waals surface area contributed by atoms with Gasteiger partial charge in [0.25, 0.3) is 5.56 Å². The highest BCUT2D eigenvalue weighted by molar-refractivity contribution is 7.98. The highest BCUT2D eigenvalue weighted by atomic mass is 32.2. The van der Waals surface area contributed by atoms with E-state index in [1.54, 1.807) is 16.3 Å². The van der Waals surface area contributed by atoms with Gasteiger partial charge in [0.2, 0.25) is 0 Å². The molecule has 0 unspecified atom stereocenters. The van der Waals surface area contributed by atoms with E-state index in [9.17, 15) is 4.79 Å². The van der Waals surface area contributed by atoms with E-state index in [0.717, 1.165) is 21.9 Å². The maximum Gasteiger partial charge on any atom is 0.262 e. The van der Waals surface area contributed by atoms with Crippen LogP contribution in [0.3, 0.4) is 0 Å². The first-order chi connectivity index (χ1) is 13.1. The Balaban J connectivity index is 1.63. The third kappa shape index (κ3) is 3.53. The second-order valence-electron chi connectivity index (χ2n) is 6.60. The van der Waals surface area contributed by atoms with Crippen LogP contribution in [0.5, 0.6) is 0 Å². The van der Waals surface area contributed by atoms with Gasteiger partial charge >= 0.3 is 0 Å². The predicted molar refractivity (Wildman–Crippen MR) is 110 cm³/mol. The number of nitrogens with zero attached hydrogens (tertiary/aromatic N) is 4. The van der Waals surface area contributed by atoms with Crippen LogP contribution in [0.4, 0.5) is 0 Å². The molecule has 4 rings (SSSR count). The van der Waals surface area contributed by atoms with Gasteiger partial charge in [0.15, 0.2) is 5.16 Å². The molecule has 0 aliphatic rings. The molecule has 4 aromatic rings. The molecule has 0 bridgehead atoms. The van der Waals surface area contributed by atoms with E-state index in [0.29, 0.717) is 11.1 Å². The van der Waals surface area contributed by atoms with Crippen LogP contribution in [0.15, 0.2) is 76.9 Å². The Labute approximate surface area is 161 Å². The maximum atomic E-state index is 12.9. The van der Waals surface area contributed by atoms with Crippen molar-refractivity contribution < 1.29 is 0 Å². The summed E-state index contributed by atoms with van der Waals surface area (Å²) in [5.41, 5.74) is 2.86. The number of hydrogen-bond donors (Lipinski definition) is 0. The quantitative estimate of drug-likeness (QED) is 0.381. The number of thioether (sulfide) groups is 1. The van der Waals surface area contributed by atoms with Crippen molar-refractivity contribution in [1.82, 2.24) is 19.3 Å². The average molecular weight is 376 g/mol. The van der Waals surface area contributed by atoms with Crippen LogP contribution < -0.4 is 5.56 Å². The summed E-state index contributed by atoms with van der Waals surface area (Å²) >= 11 is 1.56. The zero-order valence-corrected chi connectivity index (χ0v) is 16.1. The van der Waals surface area contributed by atoms with Crippen molar-refractivity contribution >= 4 is 22.7 Å². The second kappa shape index (κ2) is 7.40. The van der Waals surface area contributed by atoms with E-state index in [1.165, 1.54) is 0 Å². The molecule has 0 atom stereocenters. The Morgan fingerprint density at radius 1 is 1.04 bits per heavy atom. The van der Waals surface area contributed by atoms with Crippen LogP contribution in [0.25, 0.3) is 16.6 Å². The van der Waals surface area contributed by atoms with E-state index in [2.05, 4.69) is 5.10 Å². The Hall–Kier alpha value is -2.86. The molecule has 0 aliphatic carbocycles. The molecule has 136 valence electrons. The zero-order valence-electron chi connectivity index (χ0n) is 15.2. The number of benzene rings is 2. The largest absolute Gasteiger partial charge is 0.285 e. The molecule has 2 heterocycles.